The third-order valence-electron chi connectivity index (χ3n) is 3.08. The summed E-state index contributed by atoms with van der Waals surface area (Å²) in [5, 5.41) is 12.3. The van der Waals surface area contributed by atoms with Crippen LogP contribution in [0.2, 0.25) is 0 Å². The molecule has 0 heterocycles. The van der Waals surface area contributed by atoms with Crippen molar-refractivity contribution in [1.82, 2.24) is 5.32 Å². The Morgan fingerprint density at radius 1 is 1.64 bits per heavy atom. The maximum atomic E-state index is 8.80. The molecule has 0 aromatic heterocycles. The number of hydrogen-bond donors (Lipinski definition) is 3. The van der Waals surface area contributed by atoms with Crippen LogP contribution in [0.25, 0.3) is 0 Å². The van der Waals surface area contributed by atoms with Crippen molar-refractivity contribution in [2.24, 2.45) is 5.73 Å². The van der Waals surface area contributed by atoms with Gasteiger partial charge in [-0.05, 0) is 26.2 Å². The van der Waals surface area contributed by atoms with Crippen LogP contribution >= 0.6 is 0 Å². The van der Waals surface area contributed by atoms with Crippen molar-refractivity contribution in [2.45, 2.75) is 43.9 Å². The quantitative estimate of drug-likeness (QED) is 0.560. The minimum atomic E-state index is 0.0509. The lowest BCUT2D eigenvalue weighted by atomic mass is 9.73. The van der Waals surface area contributed by atoms with Gasteiger partial charge in [-0.25, -0.2) is 0 Å². The molecule has 1 fully saturated rings. The van der Waals surface area contributed by atoms with E-state index in [0.29, 0.717) is 18.7 Å². The zero-order valence-electron chi connectivity index (χ0n) is 9.12. The number of aliphatic hydroxyl groups excluding tert-OH is 1. The molecule has 14 heavy (non-hydrogen) atoms. The normalized spacial score (nSPS) is 33.9. The van der Waals surface area contributed by atoms with Gasteiger partial charge in [-0.3, -0.25) is 0 Å². The molecule has 0 spiro atoms. The molecule has 1 rings (SSSR count). The van der Waals surface area contributed by atoms with Gasteiger partial charge in [0.15, 0.2) is 0 Å². The largest absolute Gasteiger partial charge is 0.396 e. The van der Waals surface area contributed by atoms with Gasteiger partial charge in [0, 0.05) is 31.8 Å². The van der Waals surface area contributed by atoms with Gasteiger partial charge >= 0.3 is 0 Å². The third kappa shape index (κ3) is 2.67. The van der Waals surface area contributed by atoms with Gasteiger partial charge in [-0.2, -0.15) is 0 Å². The average molecular weight is 202 g/mol. The van der Waals surface area contributed by atoms with E-state index in [2.05, 4.69) is 12.2 Å². The summed E-state index contributed by atoms with van der Waals surface area (Å²) in [6, 6.07) is 0.321. The molecule has 1 atom stereocenters. The van der Waals surface area contributed by atoms with Crippen molar-refractivity contribution in [2.75, 3.05) is 20.3 Å². The molecular weight excluding hydrogens is 180 g/mol. The molecule has 1 aliphatic rings. The number of methoxy groups -OCH3 is 1. The Labute approximate surface area is 85.8 Å². The molecule has 1 unspecified atom stereocenters. The van der Waals surface area contributed by atoms with E-state index >= 15 is 0 Å². The summed E-state index contributed by atoms with van der Waals surface area (Å²) in [6.45, 7) is 2.94. The second-order valence-electron chi connectivity index (χ2n) is 4.31. The molecule has 4 N–H and O–H groups in total. The predicted molar refractivity (Wildman–Crippen MR) is 56.1 cm³/mol. The highest BCUT2D eigenvalue weighted by Gasteiger charge is 2.43. The van der Waals surface area contributed by atoms with Crippen molar-refractivity contribution >= 4 is 0 Å². The van der Waals surface area contributed by atoms with Crippen LogP contribution in [0, 0.1) is 0 Å². The van der Waals surface area contributed by atoms with E-state index in [1.165, 1.54) is 0 Å². The number of hydrogen-bond acceptors (Lipinski definition) is 4. The lowest BCUT2D eigenvalue weighted by molar-refractivity contribution is -0.0311. The number of nitrogens with one attached hydrogen (secondary N) is 1. The standard InChI is InChI=1S/C10H22N2O2/c1-8(3-4-13)12-10(7-11)5-9(6-10)14-2/h8-9,12-13H,3-7,11H2,1-2H3. The Bertz CT molecular complexity index is 170. The summed E-state index contributed by atoms with van der Waals surface area (Å²) < 4.78 is 5.24. The summed E-state index contributed by atoms with van der Waals surface area (Å²) >= 11 is 0. The molecule has 0 bridgehead atoms. The van der Waals surface area contributed by atoms with Crippen molar-refractivity contribution in [3.8, 4) is 0 Å². The number of rotatable bonds is 6. The predicted octanol–water partition coefficient (Wildman–Crippen LogP) is -0.147. The highest BCUT2D eigenvalue weighted by atomic mass is 16.5. The van der Waals surface area contributed by atoms with Crippen LogP contribution < -0.4 is 11.1 Å². The molecule has 1 aliphatic carbocycles. The van der Waals surface area contributed by atoms with Gasteiger partial charge in [0.2, 0.25) is 0 Å². The molecule has 0 radical (unpaired) electrons. The molecule has 0 aromatic rings. The van der Waals surface area contributed by atoms with Crippen LogP contribution in [0.4, 0.5) is 0 Å². The molecule has 0 aromatic carbocycles. The highest BCUT2D eigenvalue weighted by molar-refractivity contribution is 5.03. The number of ether oxygens (including phenoxy) is 1. The molecule has 0 amide bonds. The molecule has 4 heteroatoms. The van der Waals surface area contributed by atoms with Crippen molar-refractivity contribution in [3.63, 3.8) is 0 Å². The van der Waals surface area contributed by atoms with Gasteiger partial charge < -0.3 is 20.9 Å². The summed E-state index contributed by atoms with van der Waals surface area (Å²) in [6.07, 6.45) is 3.10. The third-order valence-corrected chi connectivity index (χ3v) is 3.08. The van der Waals surface area contributed by atoms with E-state index in [0.717, 1.165) is 19.3 Å². The first-order valence-corrected chi connectivity index (χ1v) is 5.27. The Balaban J connectivity index is 2.33. The summed E-state index contributed by atoms with van der Waals surface area (Å²) in [5.74, 6) is 0. The fourth-order valence-electron chi connectivity index (χ4n) is 2.11. The fraction of sp³-hybridized carbons (Fsp3) is 1.00. The first kappa shape index (κ1) is 11.9. The van der Waals surface area contributed by atoms with E-state index in [1.807, 2.05) is 0 Å². The lowest BCUT2D eigenvalue weighted by Crippen LogP contribution is -2.64. The van der Waals surface area contributed by atoms with E-state index in [4.69, 9.17) is 15.6 Å². The summed E-state index contributed by atoms with van der Waals surface area (Å²) in [7, 11) is 1.74. The second-order valence-corrected chi connectivity index (χ2v) is 4.31. The van der Waals surface area contributed by atoms with E-state index in [1.54, 1.807) is 7.11 Å². The lowest BCUT2D eigenvalue weighted by Gasteiger charge is -2.48. The van der Waals surface area contributed by atoms with E-state index in [-0.39, 0.29) is 12.1 Å². The SMILES string of the molecule is COC1CC(CN)(NC(C)CCO)C1. The second kappa shape index (κ2) is 5.07. The molecule has 0 saturated heterocycles. The topological polar surface area (TPSA) is 67.5 Å². The minimum absolute atomic E-state index is 0.0509. The first-order valence-electron chi connectivity index (χ1n) is 5.27. The van der Waals surface area contributed by atoms with Crippen LogP contribution in [-0.4, -0.2) is 43.1 Å². The smallest absolute Gasteiger partial charge is 0.0607 e. The zero-order valence-corrected chi connectivity index (χ0v) is 9.12. The molecule has 84 valence electrons. The number of nitrogens with two attached hydrogens (primary N) is 1. The van der Waals surface area contributed by atoms with Gasteiger partial charge in [0.05, 0.1) is 6.10 Å². The van der Waals surface area contributed by atoms with Crippen LogP contribution in [0.3, 0.4) is 0 Å². The van der Waals surface area contributed by atoms with Gasteiger partial charge in [0.1, 0.15) is 0 Å². The fourth-order valence-corrected chi connectivity index (χ4v) is 2.11. The maximum Gasteiger partial charge on any atom is 0.0607 e. The molecule has 4 nitrogen and oxygen atoms in total. The van der Waals surface area contributed by atoms with Crippen LogP contribution in [0.15, 0.2) is 0 Å². The van der Waals surface area contributed by atoms with Crippen LogP contribution in [-0.2, 0) is 4.74 Å². The van der Waals surface area contributed by atoms with Crippen molar-refractivity contribution in [1.29, 1.82) is 0 Å². The van der Waals surface area contributed by atoms with E-state index < -0.39 is 0 Å². The molecule has 0 aliphatic heterocycles. The first-order chi connectivity index (χ1) is 6.65. The van der Waals surface area contributed by atoms with Gasteiger partial charge in [0.25, 0.3) is 0 Å². The summed E-state index contributed by atoms with van der Waals surface area (Å²) in [4.78, 5) is 0. The van der Waals surface area contributed by atoms with E-state index in [9.17, 15) is 0 Å². The Morgan fingerprint density at radius 3 is 2.71 bits per heavy atom. The maximum absolute atomic E-state index is 8.80. The minimum Gasteiger partial charge on any atom is -0.396 e. The van der Waals surface area contributed by atoms with Crippen molar-refractivity contribution < 1.29 is 9.84 Å². The summed E-state index contributed by atoms with van der Waals surface area (Å²) in [5.41, 5.74) is 5.80. The van der Waals surface area contributed by atoms with Crippen LogP contribution in [0.5, 0.6) is 0 Å². The van der Waals surface area contributed by atoms with Gasteiger partial charge in [-0.1, -0.05) is 0 Å². The van der Waals surface area contributed by atoms with Crippen LogP contribution in [0.1, 0.15) is 26.2 Å². The van der Waals surface area contributed by atoms with Crippen molar-refractivity contribution in [3.05, 3.63) is 0 Å². The van der Waals surface area contributed by atoms with Gasteiger partial charge in [-0.15, -0.1) is 0 Å². The molecule has 1 saturated carbocycles. The Kier molecular flexibility index (Phi) is 4.31. The zero-order chi connectivity index (χ0) is 10.6. The molecular formula is C10H22N2O2. The monoisotopic (exact) mass is 202 g/mol. The Morgan fingerprint density at radius 2 is 2.29 bits per heavy atom. The number of aliphatic hydroxyl groups is 1. The average Bonchev–Trinajstić information content (AvgIpc) is 2.11. The Hall–Kier alpha value is -0.160. The highest BCUT2D eigenvalue weighted by Crippen LogP contribution is 2.33.